The predicted octanol–water partition coefficient (Wildman–Crippen LogP) is 4.16. The smallest absolute Gasteiger partial charge is 0.282 e. The molecule has 0 aliphatic heterocycles. The molecule has 0 amide bonds. The van der Waals surface area contributed by atoms with Crippen LogP contribution in [0.5, 0.6) is 0 Å². The number of thiophene rings is 1. The van der Waals surface area contributed by atoms with Crippen LogP contribution in [-0.4, -0.2) is 9.38 Å². The van der Waals surface area contributed by atoms with Gasteiger partial charge in [0.25, 0.3) is 11.1 Å². The minimum atomic E-state index is -0.374. The zero-order valence-electron chi connectivity index (χ0n) is 16.2. The van der Waals surface area contributed by atoms with E-state index >= 15 is 0 Å². The van der Waals surface area contributed by atoms with E-state index in [2.05, 4.69) is 4.98 Å². The van der Waals surface area contributed by atoms with Crippen molar-refractivity contribution in [3.8, 4) is 11.3 Å². The quantitative estimate of drug-likeness (QED) is 0.405. The van der Waals surface area contributed by atoms with Crippen LogP contribution in [0.2, 0.25) is 0 Å². The van der Waals surface area contributed by atoms with Crippen molar-refractivity contribution in [2.24, 2.45) is 0 Å². The van der Waals surface area contributed by atoms with Gasteiger partial charge in [0.2, 0.25) is 4.96 Å². The van der Waals surface area contributed by atoms with Gasteiger partial charge in [-0.25, -0.2) is 8.79 Å². The monoisotopic (exact) mass is 450 g/mol. The van der Waals surface area contributed by atoms with Crippen molar-refractivity contribution in [2.75, 3.05) is 0 Å². The van der Waals surface area contributed by atoms with E-state index in [1.54, 1.807) is 40.8 Å². The molecule has 1 aliphatic rings. The van der Waals surface area contributed by atoms with Gasteiger partial charge in [-0.1, -0.05) is 23.5 Å². The van der Waals surface area contributed by atoms with E-state index in [1.165, 1.54) is 22.3 Å². The van der Waals surface area contributed by atoms with Crippen molar-refractivity contribution >= 4 is 43.9 Å². The van der Waals surface area contributed by atoms with Crippen molar-refractivity contribution in [2.45, 2.75) is 25.7 Å². The second-order valence-electron chi connectivity index (χ2n) is 7.52. The van der Waals surface area contributed by atoms with Crippen LogP contribution in [0.15, 0.2) is 50.4 Å². The van der Waals surface area contributed by atoms with Crippen LogP contribution in [0.4, 0.5) is 4.39 Å². The van der Waals surface area contributed by atoms with Crippen molar-refractivity contribution in [3.05, 3.63) is 83.7 Å². The first-order valence-corrected chi connectivity index (χ1v) is 11.6. The van der Waals surface area contributed by atoms with Crippen molar-refractivity contribution < 1.29 is 8.81 Å². The lowest BCUT2D eigenvalue weighted by molar-refractivity contribution is 0.560. The van der Waals surface area contributed by atoms with Gasteiger partial charge >= 0.3 is 0 Å². The molecule has 4 aromatic heterocycles. The number of aryl methyl sites for hydroxylation is 2. The molecule has 0 radical (unpaired) electrons. The third-order valence-corrected chi connectivity index (χ3v) is 7.86. The maximum atomic E-state index is 14.0. The van der Waals surface area contributed by atoms with Gasteiger partial charge in [-0.2, -0.15) is 4.98 Å². The molecule has 8 heteroatoms. The summed E-state index contributed by atoms with van der Waals surface area (Å²) < 4.78 is 21.8. The van der Waals surface area contributed by atoms with E-state index in [0.717, 1.165) is 42.6 Å². The van der Waals surface area contributed by atoms with Gasteiger partial charge in [-0.15, -0.1) is 11.3 Å². The fourth-order valence-electron chi connectivity index (χ4n) is 4.17. The number of benzene rings is 1. The molecule has 5 aromatic rings. The topological polar surface area (TPSA) is 64.6 Å². The first-order chi connectivity index (χ1) is 15.1. The summed E-state index contributed by atoms with van der Waals surface area (Å²) in [4.78, 5) is 32.4. The van der Waals surface area contributed by atoms with Crippen LogP contribution in [0.3, 0.4) is 0 Å². The van der Waals surface area contributed by atoms with Crippen LogP contribution in [-0.2, 0) is 12.8 Å². The molecule has 1 aromatic carbocycles. The van der Waals surface area contributed by atoms with E-state index in [-0.39, 0.29) is 16.9 Å². The van der Waals surface area contributed by atoms with E-state index in [4.69, 9.17) is 4.42 Å². The number of nitrogens with zero attached hydrogens (tertiary/aromatic N) is 2. The number of aromatic nitrogens is 2. The highest BCUT2D eigenvalue weighted by molar-refractivity contribution is 7.19. The standard InChI is InChI=1S/C23H15FN2O3S2/c24-15-7-3-1-5-13(15)16-10-9-12(29-16)11-18-21(28)26-22-19(20(27)25-23(26)31-18)14-6-2-4-8-17(14)30-22/h1,3,5,7,9-11H,2,4,6,8H2/b18-11-. The number of furan rings is 1. The third kappa shape index (κ3) is 2.90. The second-order valence-corrected chi connectivity index (χ2v) is 9.62. The summed E-state index contributed by atoms with van der Waals surface area (Å²) >= 11 is 2.69. The fraction of sp³-hybridized carbons (Fsp3) is 0.174. The van der Waals surface area contributed by atoms with Gasteiger partial charge in [0, 0.05) is 11.0 Å². The average Bonchev–Trinajstić information content (AvgIpc) is 3.45. The van der Waals surface area contributed by atoms with Crippen molar-refractivity contribution in [1.82, 2.24) is 9.38 Å². The first-order valence-electron chi connectivity index (χ1n) is 9.96. The highest BCUT2D eigenvalue weighted by Crippen LogP contribution is 2.34. The van der Waals surface area contributed by atoms with E-state index in [0.29, 0.717) is 36.8 Å². The minimum absolute atomic E-state index is 0.222. The van der Waals surface area contributed by atoms with Crippen LogP contribution in [0.25, 0.3) is 32.6 Å². The van der Waals surface area contributed by atoms with Crippen molar-refractivity contribution in [3.63, 3.8) is 0 Å². The molecule has 0 saturated carbocycles. The summed E-state index contributed by atoms with van der Waals surface area (Å²) in [6, 6.07) is 9.74. The van der Waals surface area contributed by atoms with E-state index in [1.807, 2.05) is 0 Å². The SMILES string of the molecule is O=c1nc2s/c(=C\c3ccc(-c4ccccc4F)o3)c(=O)n2c2sc3c(c12)CCCC3. The largest absolute Gasteiger partial charge is 0.457 e. The molecule has 6 rings (SSSR count). The number of thiazole rings is 1. The molecule has 0 bridgehead atoms. The molecule has 4 heterocycles. The molecule has 0 N–H and O–H groups in total. The first kappa shape index (κ1) is 18.7. The Kier molecular flexibility index (Phi) is 4.19. The van der Waals surface area contributed by atoms with Crippen LogP contribution in [0.1, 0.15) is 29.0 Å². The zero-order valence-corrected chi connectivity index (χ0v) is 17.8. The highest BCUT2D eigenvalue weighted by atomic mass is 32.1. The maximum Gasteiger partial charge on any atom is 0.282 e. The van der Waals surface area contributed by atoms with Crippen LogP contribution in [0, 0.1) is 5.82 Å². The maximum absolute atomic E-state index is 14.0. The molecule has 154 valence electrons. The normalized spacial score (nSPS) is 14.5. The minimum Gasteiger partial charge on any atom is -0.457 e. The Labute approximate surface area is 182 Å². The van der Waals surface area contributed by atoms with Gasteiger partial charge in [-0.3, -0.25) is 9.59 Å². The molecule has 5 nitrogen and oxygen atoms in total. The average molecular weight is 451 g/mol. The Morgan fingerprint density at radius 3 is 2.77 bits per heavy atom. The molecule has 31 heavy (non-hydrogen) atoms. The Morgan fingerprint density at radius 2 is 1.90 bits per heavy atom. The fourth-order valence-corrected chi connectivity index (χ4v) is 6.55. The van der Waals surface area contributed by atoms with Gasteiger partial charge in [-0.05, 0) is 55.5 Å². The summed E-state index contributed by atoms with van der Waals surface area (Å²) in [5.41, 5.74) is 0.940. The molecular weight excluding hydrogens is 435 g/mol. The Hall–Kier alpha value is -3.10. The summed E-state index contributed by atoms with van der Waals surface area (Å²) in [5, 5.41) is 0.596. The summed E-state index contributed by atoms with van der Waals surface area (Å²) in [6.45, 7) is 0. The summed E-state index contributed by atoms with van der Waals surface area (Å²) in [5.74, 6) is 0.451. The lowest BCUT2D eigenvalue weighted by Crippen LogP contribution is -2.24. The molecule has 0 spiro atoms. The lowest BCUT2D eigenvalue weighted by atomic mass is 9.97. The zero-order chi connectivity index (χ0) is 21.1. The Bertz CT molecular complexity index is 1660. The van der Waals surface area contributed by atoms with Crippen LogP contribution >= 0.6 is 22.7 Å². The second kappa shape index (κ2) is 6.96. The molecule has 1 aliphatic carbocycles. The number of fused-ring (bicyclic) bond motifs is 5. The number of hydrogen-bond acceptors (Lipinski definition) is 6. The summed E-state index contributed by atoms with van der Waals surface area (Å²) in [6.07, 6.45) is 5.58. The number of hydrogen-bond donors (Lipinski definition) is 0. The molecule has 0 atom stereocenters. The number of rotatable bonds is 2. The van der Waals surface area contributed by atoms with Crippen molar-refractivity contribution in [1.29, 1.82) is 0 Å². The summed E-state index contributed by atoms with van der Waals surface area (Å²) in [7, 11) is 0. The van der Waals surface area contributed by atoms with E-state index in [9.17, 15) is 14.0 Å². The molecule has 0 fully saturated rings. The number of halogens is 1. The van der Waals surface area contributed by atoms with Gasteiger partial charge < -0.3 is 4.42 Å². The third-order valence-electron chi connectivity index (χ3n) is 5.61. The van der Waals surface area contributed by atoms with Gasteiger partial charge in [0.1, 0.15) is 26.7 Å². The molecule has 0 unspecified atom stereocenters. The lowest BCUT2D eigenvalue weighted by Gasteiger charge is -2.09. The molecule has 0 saturated heterocycles. The van der Waals surface area contributed by atoms with Gasteiger partial charge in [0.15, 0.2) is 0 Å². The van der Waals surface area contributed by atoms with Crippen LogP contribution < -0.4 is 15.7 Å². The Morgan fingerprint density at radius 1 is 1.06 bits per heavy atom. The Balaban J connectivity index is 1.54. The predicted molar refractivity (Wildman–Crippen MR) is 121 cm³/mol. The molecular formula is C23H15FN2O3S2. The van der Waals surface area contributed by atoms with Gasteiger partial charge in [0.05, 0.1) is 10.9 Å². The highest BCUT2D eigenvalue weighted by Gasteiger charge is 2.22. The van der Waals surface area contributed by atoms with E-state index < -0.39 is 0 Å².